The van der Waals surface area contributed by atoms with Crippen LogP contribution in [0.15, 0.2) is 0 Å². The highest BCUT2D eigenvalue weighted by Crippen LogP contribution is 2.09. The van der Waals surface area contributed by atoms with E-state index in [1.165, 1.54) is 32.1 Å². The van der Waals surface area contributed by atoms with Gasteiger partial charge in [0, 0.05) is 0 Å². The third kappa shape index (κ3) is 7.68. The Morgan fingerprint density at radius 2 is 1.71 bits per heavy atom. The molecular weight excluding hydrogens is 274 g/mol. The summed E-state index contributed by atoms with van der Waals surface area (Å²) in [6, 6.07) is -0.899. The van der Waals surface area contributed by atoms with Gasteiger partial charge in [0.15, 0.2) is 0 Å². The Morgan fingerprint density at radius 3 is 2.29 bits per heavy atom. The van der Waals surface area contributed by atoms with Crippen LogP contribution in [-0.4, -0.2) is 30.7 Å². The number of carbonyl (C=O) groups is 3. The number of carbonyl (C=O) groups excluding carboxylic acids is 3. The van der Waals surface area contributed by atoms with Gasteiger partial charge in [-0.3, -0.25) is 4.79 Å². The van der Waals surface area contributed by atoms with Gasteiger partial charge in [-0.2, -0.15) is 0 Å². The van der Waals surface area contributed by atoms with Gasteiger partial charge in [0.1, 0.15) is 6.04 Å². The molecule has 0 radical (unpaired) electrons. The Morgan fingerprint density at radius 1 is 1.10 bits per heavy atom. The zero-order chi connectivity index (χ0) is 15.5. The van der Waals surface area contributed by atoms with Crippen molar-refractivity contribution in [2.75, 3.05) is 6.61 Å². The van der Waals surface area contributed by atoms with E-state index >= 15 is 0 Å². The minimum Gasteiger partial charge on any atom is -0.466 e. The van der Waals surface area contributed by atoms with Crippen molar-refractivity contribution < 1.29 is 23.9 Å². The van der Waals surface area contributed by atoms with Crippen LogP contribution >= 0.6 is 0 Å². The maximum Gasteiger partial charge on any atom is 0.415 e. The smallest absolute Gasteiger partial charge is 0.415 e. The van der Waals surface area contributed by atoms with Crippen molar-refractivity contribution in [2.45, 2.75) is 70.8 Å². The number of hydrogen-bond donors (Lipinski definition) is 1. The molecule has 120 valence electrons. The van der Waals surface area contributed by atoms with Crippen LogP contribution in [0.2, 0.25) is 0 Å². The van der Waals surface area contributed by atoms with Crippen molar-refractivity contribution in [3.8, 4) is 0 Å². The fraction of sp³-hybridized carbons (Fsp3) is 0.800. The molecule has 1 rings (SSSR count). The number of alkyl carbamates (subject to hydrolysis) is 1. The Kier molecular flexibility index (Phi) is 8.47. The van der Waals surface area contributed by atoms with Gasteiger partial charge in [0.25, 0.3) is 0 Å². The predicted octanol–water partition coefficient (Wildman–Crippen LogP) is 2.70. The number of rotatable bonds is 11. The fourth-order valence-corrected chi connectivity index (χ4v) is 2.18. The minimum absolute atomic E-state index is 0.165. The van der Waals surface area contributed by atoms with Crippen molar-refractivity contribution >= 4 is 18.0 Å². The number of ether oxygens (including phenoxy) is 2. The van der Waals surface area contributed by atoms with E-state index in [1.54, 1.807) is 0 Å². The molecule has 1 atom stereocenters. The summed E-state index contributed by atoms with van der Waals surface area (Å²) < 4.78 is 9.31. The first-order chi connectivity index (χ1) is 10.1. The molecule has 6 nitrogen and oxygen atoms in total. The molecule has 1 fully saturated rings. The monoisotopic (exact) mass is 299 g/mol. The number of unbranched alkanes of at least 4 members (excludes halogenated alkanes) is 7. The Labute approximate surface area is 125 Å². The van der Waals surface area contributed by atoms with Gasteiger partial charge in [-0.25, -0.2) is 9.59 Å². The second kappa shape index (κ2) is 10.2. The third-order valence-corrected chi connectivity index (χ3v) is 3.40. The van der Waals surface area contributed by atoms with Crippen LogP contribution in [0.4, 0.5) is 4.79 Å². The van der Waals surface area contributed by atoms with Gasteiger partial charge in [-0.15, -0.1) is 0 Å². The number of cyclic esters (lactones) is 2. The van der Waals surface area contributed by atoms with Crippen LogP contribution in [0.5, 0.6) is 0 Å². The molecule has 21 heavy (non-hydrogen) atoms. The van der Waals surface area contributed by atoms with E-state index in [0.717, 1.165) is 19.3 Å². The summed E-state index contributed by atoms with van der Waals surface area (Å²) in [5.41, 5.74) is 0. The summed E-state index contributed by atoms with van der Waals surface area (Å²) in [5.74, 6) is -1.20. The molecular formula is C15H25NO5. The molecule has 0 saturated carbocycles. The third-order valence-electron chi connectivity index (χ3n) is 3.40. The molecule has 0 aromatic carbocycles. The molecule has 0 unspecified atom stereocenters. The van der Waals surface area contributed by atoms with E-state index in [0.29, 0.717) is 6.61 Å². The highest BCUT2D eigenvalue weighted by Gasteiger charge is 2.34. The molecule has 1 aliphatic heterocycles. The molecule has 1 amide bonds. The van der Waals surface area contributed by atoms with Crippen LogP contribution in [0, 0.1) is 0 Å². The normalized spacial score (nSPS) is 17.5. The number of esters is 2. The second-order valence-electron chi connectivity index (χ2n) is 5.30. The van der Waals surface area contributed by atoms with E-state index in [4.69, 9.17) is 4.74 Å². The van der Waals surface area contributed by atoms with Crippen molar-refractivity contribution in [3.05, 3.63) is 0 Å². The minimum atomic E-state index is -0.899. The summed E-state index contributed by atoms with van der Waals surface area (Å²) in [6.07, 6.45) is 8.43. The zero-order valence-electron chi connectivity index (χ0n) is 12.7. The van der Waals surface area contributed by atoms with Crippen molar-refractivity contribution in [1.82, 2.24) is 5.32 Å². The average molecular weight is 299 g/mol. The van der Waals surface area contributed by atoms with Crippen LogP contribution in [-0.2, 0) is 19.1 Å². The van der Waals surface area contributed by atoms with E-state index in [2.05, 4.69) is 17.0 Å². The molecule has 0 aromatic rings. The van der Waals surface area contributed by atoms with Gasteiger partial charge in [-0.1, -0.05) is 51.9 Å². The van der Waals surface area contributed by atoms with E-state index in [9.17, 15) is 14.4 Å². The van der Waals surface area contributed by atoms with Gasteiger partial charge >= 0.3 is 18.0 Å². The standard InChI is InChI=1S/C15H25NO5/c1-2-3-4-5-6-7-8-9-10-20-13(17)11-12-14(18)21-15(19)16-12/h12H,2-11H2,1H3,(H,16,19)/t12-/m0/s1. The summed E-state index contributed by atoms with van der Waals surface area (Å²) in [4.78, 5) is 33.4. The average Bonchev–Trinajstić information content (AvgIpc) is 2.75. The lowest BCUT2D eigenvalue weighted by atomic mass is 10.1. The second-order valence-corrected chi connectivity index (χ2v) is 5.30. The first-order valence-electron chi connectivity index (χ1n) is 7.81. The van der Waals surface area contributed by atoms with Crippen molar-refractivity contribution in [1.29, 1.82) is 0 Å². The molecule has 0 spiro atoms. The largest absolute Gasteiger partial charge is 0.466 e. The molecule has 6 heteroatoms. The quantitative estimate of drug-likeness (QED) is 0.360. The number of nitrogens with one attached hydrogen (secondary N) is 1. The Balaban J connectivity index is 1.94. The summed E-state index contributed by atoms with van der Waals surface area (Å²) in [6.45, 7) is 2.56. The first kappa shape index (κ1) is 17.5. The van der Waals surface area contributed by atoms with Gasteiger partial charge < -0.3 is 14.8 Å². The summed E-state index contributed by atoms with van der Waals surface area (Å²) >= 11 is 0. The topological polar surface area (TPSA) is 81.7 Å². The number of hydrogen-bond acceptors (Lipinski definition) is 5. The maximum atomic E-state index is 11.5. The van der Waals surface area contributed by atoms with Crippen molar-refractivity contribution in [3.63, 3.8) is 0 Å². The van der Waals surface area contributed by atoms with Gasteiger partial charge in [0.2, 0.25) is 0 Å². The highest BCUT2D eigenvalue weighted by atomic mass is 16.6. The zero-order valence-corrected chi connectivity index (χ0v) is 12.7. The van der Waals surface area contributed by atoms with E-state index < -0.39 is 24.1 Å². The summed E-state index contributed by atoms with van der Waals surface area (Å²) in [5, 5.41) is 2.26. The highest BCUT2D eigenvalue weighted by molar-refractivity contribution is 5.97. The molecule has 0 aliphatic carbocycles. The Bertz CT molecular complexity index is 356. The lowest BCUT2D eigenvalue weighted by molar-refractivity contribution is -0.147. The molecule has 1 N–H and O–H groups in total. The van der Waals surface area contributed by atoms with Crippen molar-refractivity contribution in [2.24, 2.45) is 0 Å². The van der Waals surface area contributed by atoms with Gasteiger partial charge in [-0.05, 0) is 6.42 Å². The molecule has 1 heterocycles. The predicted molar refractivity (Wildman–Crippen MR) is 76.6 cm³/mol. The lowest BCUT2D eigenvalue weighted by Gasteiger charge is -2.07. The van der Waals surface area contributed by atoms with Crippen LogP contribution in [0.1, 0.15) is 64.7 Å². The molecule has 1 aliphatic rings. The number of amides is 1. The molecule has 0 bridgehead atoms. The maximum absolute atomic E-state index is 11.5. The van der Waals surface area contributed by atoms with Crippen LogP contribution in [0.25, 0.3) is 0 Å². The SMILES string of the molecule is CCCCCCCCCCOC(=O)C[C@@H]1NC(=O)OC1=O. The van der Waals surface area contributed by atoms with Crippen LogP contribution in [0.3, 0.4) is 0 Å². The molecule has 1 saturated heterocycles. The van der Waals surface area contributed by atoms with E-state index in [1.807, 2.05) is 0 Å². The van der Waals surface area contributed by atoms with Crippen LogP contribution < -0.4 is 5.32 Å². The van der Waals surface area contributed by atoms with E-state index in [-0.39, 0.29) is 6.42 Å². The Hall–Kier alpha value is -1.59. The first-order valence-corrected chi connectivity index (χ1v) is 7.81. The molecule has 0 aromatic heterocycles. The summed E-state index contributed by atoms with van der Waals surface area (Å²) in [7, 11) is 0. The lowest BCUT2D eigenvalue weighted by Crippen LogP contribution is -2.31. The van der Waals surface area contributed by atoms with Gasteiger partial charge in [0.05, 0.1) is 13.0 Å². The fourth-order valence-electron chi connectivity index (χ4n) is 2.18.